The first-order valence-corrected chi connectivity index (χ1v) is 17.1. The highest BCUT2D eigenvalue weighted by atomic mass is 16.5. The topological polar surface area (TPSA) is 88.2 Å². The Balaban J connectivity index is 0.801. The van der Waals surface area contributed by atoms with Crippen LogP contribution in [0.15, 0.2) is 85.5 Å². The maximum atomic E-state index is 12.6. The maximum Gasteiger partial charge on any atom is 0.307 e. The zero-order valence-electron chi connectivity index (χ0n) is 26.5. The number of hydrogen-bond acceptors (Lipinski definition) is 6. The molecule has 4 aromatic rings. The second kappa shape index (κ2) is 14.1. The van der Waals surface area contributed by atoms with Crippen LogP contribution in [0.1, 0.15) is 51.4 Å². The van der Waals surface area contributed by atoms with Gasteiger partial charge in [-0.15, -0.1) is 0 Å². The van der Waals surface area contributed by atoms with Crippen molar-refractivity contribution in [3.05, 3.63) is 85.5 Å². The fourth-order valence-electron chi connectivity index (χ4n) is 8.97. The molecule has 0 spiro atoms. The number of hydrogen-bond donors (Lipinski definition) is 0. The van der Waals surface area contributed by atoms with Crippen molar-refractivity contribution in [3.63, 3.8) is 0 Å². The van der Waals surface area contributed by atoms with Gasteiger partial charge in [0.05, 0.1) is 26.1 Å². The Hall–Kier alpha value is -4.20. The number of esters is 2. The molecule has 2 heterocycles. The molecule has 3 aliphatic carbocycles. The molecule has 0 aliphatic heterocycles. The van der Waals surface area contributed by atoms with Gasteiger partial charge in [-0.3, -0.25) is 9.59 Å². The highest BCUT2D eigenvalue weighted by molar-refractivity contribution is 5.70. The predicted molar refractivity (Wildman–Crippen MR) is 175 cm³/mol. The Morgan fingerprint density at radius 3 is 1.78 bits per heavy atom. The fourth-order valence-corrected chi connectivity index (χ4v) is 8.97. The van der Waals surface area contributed by atoms with Gasteiger partial charge in [0.25, 0.3) is 0 Å². The van der Waals surface area contributed by atoms with Crippen LogP contribution in [-0.2, 0) is 32.2 Å². The van der Waals surface area contributed by atoms with Crippen LogP contribution >= 0.6 is 0 Å². The number of imidazole rings is 2. The van der Waals surface area contributed by atoms with E-state index in [1.807, 2.05) is 82.2 Å². The lowest BCUT2D eigenvalue weighted by molar-refractivity contribution is -0.145. The largest absolute Gasteiger partial charge is 0.466 e. The highest BCUT2D eigenvalue weighted by Gasteiger charge is 2.56. The summed E-state index contributed by atoms with van der Waals surface area (Å²) in [5.41, 5.74) is 2.09. The van der Waals surface area contributed by atoms with Crippen molar-refractivity contribution in [3.8, 4) is 22.8 Å². The molecule has 3 aliphatic rings. The molecule has 46 heavy (non-hydrogen) atoms. The van der Waals surface area contributed by atoms with Crippen LogP contribution in [-0.4, -0.2) is 44.3 Å². The summed E-state index contributed by atoms with van der Waals surface area (Å²) in [5.74, 6) is 5.90. The summed E-state index contributed by atoms with van der Waals surface area (Å²) < 4.78 is 15.5. The second-order valence-corrected chi connectivity index (χ2v) is 13.4. The van der Waals surface area contributed by atoms with Crippen LogP contribution in [0.25, 0.3) is 22.8 Å². The molecule has 2 aromatic heterocycles. The smallest absolute Gasteiger partial charge is 0.307 e. The van der Waals surface area contributed by atoms with Crippen molar-refractivity contribution in [1.82, 2.24) is 19.1 Å². The molecule has 7 rings (SSSR count). The second-order valence-electron chi connectivity index (χ2n) is 13.4. The van der Waals surface area contributed by atoms with Crippen LogP contribution in [0.5, 0.6) is 0 Å². The van der Waals surface area contributed by atoms with Crippen molar-refractivity contribution < 1.29 is 19.1 Å². The van der Waals surface area contributed by atoms with E-state index in [2.05, 4.69) is 9.97 Å². The minimum Gasteiger partial charge on any atom is -0.466 e. The predicted octanol–water partition coefficient (Wildman–Crippen LogP) is 7.06. The quantitative estimate of drug-likeness (QED) is 0.140. The van der Waals surface area contributed by atoms with Crippen molar-refractivity contribution in [1.29, 1.82) is 0 Å². The van der Waals surface area contributed by atoms with E-state index >= 15 is 0 Å². The number of ether oxygens (including phenoxy) is 2. The third-order valence-electron chi connectivity index (χ3n) is 10.9. The fraction of sp³-hybridized carbons (Fsp3) is 0.474. The molecule has 0 N–H and O–H groups in total. The summed E-state index contributed by atoms with van der Waals surface area (Å²) in [5, 5.41) is 0. The summed E-state index contributed by atoms with van der Waals surface area (Å²) in [7, 11) is 0. The van der Waals surface area contributed by atoms with E-state index in [0.717, 1.165) is 59.3 Å². The number of rotatable bonds is 14. The minimum atomic E-state index is -0.133. The van der Waals surface area contributed by atoms with Gasteiger partial charge in [-0.2, -0.15) is 0 Å². The molecule has 2 aromatic carbocycles. The summed E-state index contributed by atoms with van der Waals surface area (Å²) in [6.45, 7) is 2.17. The molecule has 2 bridgehead atoms. The number of carbonyl (C=O) groups is 2. The van der Waals surface area contributed by atoms with Gasteiger partial charge in [-0.25, -0.2) is 9.97 Å². The molecule has 8 nitrogen and oxygen atoms in total. The standard InChI is InChI=1S/C38H44N4O4/c43-34(13-19-41-21-17-39-37(41)28-7-3-1-4-8-28)45-23-15-27-11-12-32-33-26-31(36(27)32)25-30(33)16-24-46-35(44)14-20-42-22-18-40-38(42)29-9-5-2-6-10-29/h1-10,17-18,21-22,27,30-33,36H,11-16,19-20,23-26H2. The van der Waals surface area contributed by atoms with Crippen molar-refractivity contribution in [2.75, 3.05) is 13.2 Å². The summed E-state index contributed by atoms with van der Waals surface area (Å²) >= 11 is 0. The van der Waals surface area contributed by atoms with Gasteiger partial charge in [-0.1, -0.05) is 60.7 Å². The first kappa shape index (κ1) is 30.5. The van der Waals surface area contributed by atoms with Gasteiger partial charge in [0, 0.05) is 49.0 Å². The van der Waals surface area contributed by atoms with Crippen LogP contribution in [0.4, 0.5) is 0 Å². The van der Waals surface area contributed by atoms with Gasteiger partial charge < -0.3 is 18.6 Å². The number of aromatic nitrogens is 4. The van der Waals surface area contributed by atoms with Crippen LogP contribution in [0, 0.1) is 35.5 Å². The molecule has 6 atom stereocenters. The van der Waals surface area contributed by atoms with Crippen molar-refractivity contribution >= 4 is 11.9 Å². The lowest BCUT2D eigenvalue weighted by atomic mass is 9.72. The van der Waals surface area contributed by atoms with Gasteiger partial charge in [-0.05, 0) is 74.0 Å². The van der Waals surface area contributed by atoms with E-state index in [1.165, 1.54) is 25.7 Å². The third-order valence-corrected chi connectivity index (χ3v) is 10.9. The summed E-state index contributed by atoms with van der Waals surface area (Å²) in [4.78, 5) is 34.1. The average molecular weight is 621 g/mol. The molecule has 0 radical (unpaired) electrons. The Morgan fingerprint density at radius 1 is 0.674 bits per heavy atom. The Labute approximate surface area is 271 Å². The average Bonchev–Trinajstić information content (AvgIpc) is 3.92. The lowest BCUT2D eigenvalue weighted by Gasteiger charge is -2.34. The van der Waals surface area contributed by atoms with Crippen LogP contribution < -0.4 is 0 Å². The Morgan fingerprint density at radius 2 is 1.22 bits per heavy atom. The summed E-state index contributed by atoms with van der Waals surface area (Å²) in [6.07, 6.45) is 15.2. The Kier molecular flexibility index (Phi) is 9.31. The number of fused-ring (bicyclic) bond motifs is 5. The first-order valence-electron chi connectivity index (χ1n) is 17.1. The zero-order valence-corrected chi connectivity index (χ0v) is 26.5. The van der Waals surface area contributed by atoms with Gasteiger partial charge in [0.2, 0.25) is 0 Å². The number of nitrogens with zero attached hydrogens (tertiary/aromatic N) is 4. The van der Waals surface area contributed by atoms with Crippen LogP contribution in [0.2, 0.25) is 0 Å². The van der Waals surface area contributed by atoms with Gasteiger partial charge >= 0.3 is 11.9 Å². The highest BCUT2D eigenvalue weighted by Crippen LogP contribution is 2.63. The zero-order chi connectivity index (χ0) is 31.3. The van der Waals surface area contributed by atoms with E-state index in [9.17, 15) is 9.59 Å². The van der Waals surface area contributed by atoms with Crippen molar-refractivity contribution in [2.45, 2.75) is 64.5 Å². The SMILES string of the molecule is O=C(CCn1ccnc1-c1ccccc1)OCCC1CC2CC1C1CCC(CCOC(=O)CCn3ccnc3-c3ccccc3)C21. The number of benzene rings is 2. The van der Waals surface area contributed by atoms with Gasteiger partial charge in [0.15, 0.2) is 0 Å². The third kappa shape index (κ3) is 6.67. The van der Waals surface area contributed by atoms with E-state index in [-0.39, 0.29) is 11.9 Å². The molecule has 3 fully saturated rings. The van der Waals surface area contributed by atoms with Crippen LogP contribution in [0.3, 0.4) is 0 Å². The monoisotopic (exact) mass is 620 g/mol. The molecular weight excluding hydrogens is 576 g/mol. The first-order chi connectivity index (χ1) is 22.6. The molecule has 0 amide bonds. The molecule has 3 saturated carbocycles. The molecule has 6 unspecified atom stereocenters. The summed E-state index contributed by atoms with van der Waals surface area (Å²) in [6, 6.07) is 20.1. The van der Waals surface area contributed by atoms with E-state index in [1.54, 1.807) is 12.4 Å². The molecule has 0 saturated heterocycles. The minimum absolute atomic E-state index is 0.133. The molecular formula is C38H44N4O4. The Bertz CT molecular complexity index is 1600. The van der Waals surface area contributed by atoms with E-state index in [4.69, 9.17) is 9.47 Å². The lowest BCUT2D eigenvalue weighted by Crippen LogP contribution is -2.29. The molecule has 8 heteroatoms. The van der Waals surface area contributed by atoms with Gasteiger partial charge in [0.1, 0.15) is 11.6 Å². The number of carbonyl (C=O) groups excluding carboxylic acids is 2. The number of aryl methyl sites for hydroxylation is 2. The normalized spacial score (nSPS) is 24.6. The van der Waals surface area contributed by atoms with Crippen molar-refractivity contribution in [2.24, 2.45) is 35.5 Å². The molecule has 240 valence electrons. The maximum absolute atomic E-state index is 12.6. The van der Waals surface area contributed by atoms with E-state index < -0.39 is 0 Å². The van der Waals surface area contributed by atoms with E-state index in [0.29, 0.717) is 51.0 Å².